The number of ether oxygens (including phenoxy) is 1. The molecular formula is C24H30FN3O3. The van der Waals surface area contributed by atoms with Gasteiger partial charge in [0.2, 0.25) is 5.95 Å². The summed E-state index contributed by atoms with van der Waals surface area (Å²) >= 11 is 0. The molecule has 0 radical (unpaired) electrons. The number of aliphatic carboxylic acids is 1. The van der Waals surface area contributed by atoms with E-state index in [2.05, 4.69) is 21.8 Å². The average molecular weight is 428 g/mol. The van der Waals surface area contributed by atoms with Crippen LogP contribution in [0.1, 0.15) is 43.7 Å². The highest BCUT2D eigenvalue weighted by atomic mass is 19.1. The molecule has 2 fully saturated rings. The van der Waals surface area contributed by atoms with Gasteiger partial charge in [0, 0.05) is 31.5 Å². The van der Waals surface area contributed by atoms with Crippen LogP contribution in [0.25, 0.3) is 0 Å². The number of aryl methyl sites for hydroxylation is 1. The van der Waals surface area contributed by atoms with Gasteiger partial charge in [0.15, 0.2) is 0 Å². The Morgan fingerprint density at radius 1 is 1.26 bits per heavy atom. The molecule has 0 spiro atoms. The number of anilines is 1. The van der Waals surface area contributed by atoms with Gasteiger partial charge in [-0.15, -0.1) is 0 Å². The smallest absolute Gasteiger partial charge is 0.307 e. The molecule has 2 atom stereocenters. The molecule has 7 heteroatoms. The number of hydrogen-bond donors (Lipinski definition) is 1. The van der Waals surface area contributed by atoms with Gasteiger partial charge < -0.3 is 14.7 Å². The Kier molecular flexibility index (Phi) is 6.68. The highest BCUT2D eigenvalue weighted by Gasteiger charge is 2.43. The first-order valence-electron chi connectivity index (χ1n) is 11.2. The Labute approximate surface area is 182 Å². The predicted octanol–water partition coefficient (Wildman–Crippen LogP) is 4.13. The molecule has 2 aliphatic rings. The maximum Gasteiger partial charge on any atom is 0.307 e. The number of piperidine rings is 1. The first-order valence-corrected chi connectivity index (χ1v) is 11.2. The quantitative estimate of drug-likeness (QED) is 0.649. The SMILES string of the molecule is CCc1cnc(N2CCC([C@H]3C[C@H]3CCOc3ccc(CC(=O)O)c(F)c3)CC2)nc1. The van der Waals surface area contributed by atoms with Gasteiger partial charge in [-0.1, -0.05) is 13.0 Å². The highest BCUT2D eigenvalue weighted by Crippen LogP contribution is 2.49. The lowest BCUT2D eigenvalue weighted by Gasteiger charge is -2.32. The van der Waals surface area contributed by atoms with Crippen LogP contribution in [0.15, 0.2) is 30.6 Å². The van der Waals surface area contributed by atoms with Gasteiger partial charge in [-0.05, 0) is 67.1 Å². The Morgan fingerprint density at radius 3 is 2.65 bits per heavy atom. The van der Waals surface area contributed by atoms with Crippen LogP contribution in [0.4, 0.5) is 10.3 Å². The molecule has 6 nitrogen and oxygen atoms in total. The van der Waals surface area contributed by atoms with Gasteiger partial charge in [-0.2, -0.15) is 0 Å². The second-order valence-corrected chi connectivity index (χ2v) is 8.69. The van der Waals surface area contributed by atoms with E-state index in [-0.39, 0.29) is 12.0 Å². The lowest BCUT2D eigenvalue weighted by Crippen LogP contribution is -2.35. The van der Waals surface area contributed by atoms with E-state index in [0.29, 0.717) is 18.3 Å². The summed E-state index contributed by atoms with van der Waals surface area (Å²) in [7, 11) is 0. The van der Waals surface area contributed by atoms with Gasteiger partial charge in [0.1, 0.15) is 11.6 Å². The molecule has 1 aromatic carbocycles. The third-order valence-electron chi connectivity index (χ3n) is 6.63. The van der Waals surface area contributed by atoms with E-state index in [1.807, 2.05) is 12.4 Å². The van der Waals surface area contributed by atoms with Crippen LogP contribution in [0.3, 0.4) is 0 Å². The first-order chi connectivity index (χ1) is 15.0. The van der Waals surface area contributed by atoms with Gasteiger partial charge in [-0.25, -0.2) is 14.4 Å². The van der Waals surface area contributed by atoms with E-state index >= 15 is 0 Å². The summed E-state index contributed by atoms with van der Waals surface area (Å²) in [5.74, 6) is 1.95. The summed E-state index contributed by atoms with van der Waals surface area (Å²) < 4.78 is 19.7. The van der Waals surface area contributed by atoms with E-state index < -0.39 is 11.8 Å². The van der Waals surface area contributed by atoms with E-state index in [1.54, 1.807) is 6.07 Å². The van der Waals surface area contributed by atoms with Crippen molar-refractivity contribution in [3.05, 3.63) is 47.5 Å². The fourth-order valence-corrected chi connectivity index (χ4v) is 4.65. The molecule has 1 N–H and O–H groups in total. The summed E-state index contributed by atoms with van der Waals surface area (Å²) in [6.07, 6.45) is 9.08. The van der Waals surface area contributed by atoms with Crippen LogP contribution in [0.2, 0.25) is 0 Å². The van der Waals surface area contributed by atoms with Crippen molar-refractivity contribution in [2.45, 2.75) is 45.4 Å². The number of benzene rings is 1. The summed E-state index contributed by atoms with van der Waals surface area (Å²) in [6.45, 7) is 4.70. The molecule has 1 aliphatic heterocycles. The number of halogens is 1. The third-order valence-corrected chi connectivity index (χ3v) is 6.63. The minimum absolute atomic E-state index is 0.181. The standard InChI is InChI=1S/C24H30FN3O3/c1-2-16-14-26-24(27-15-16)28-8-5-17(6-9-28)21-11-18(21)7-10-31-20-4-3-19(12-23(29)30)22(25)13-20/h3-4,13-15,17-18,21H,2,5-12H2,1H3,(H,29,30)/t18-,21-/m1/s1. The maximum absolute atomic E-state index is 13.9. The molecule has 1 aliphatic carbocycles. The fraction of sp³-hybridized carbons (Fsp3) is 0.542. The summed E-state index contributed by atoms with van der Waals surface area (Å²) in [5, 5.41) is 8.79. The number of rotatable bonds is 9. The Balaban J connectivity index is 1.17. The Hall–Kier alpha value is -2.70. The van der Waals surface area contributed by atoms with Gasteiger partial charge in [0.05, 0.1) is 13.0 Å². The minimum Gasteiger partial charge on any atom is -0.493 e. The van der Waals surface area contributed by atoms with Crippen molar-refractivity contribution in [3.8, 4) is 5.75 Å². The van der Waals surface area contributed by atoms with Crippen LogP contribution in [-0.4, -0.2) is 40.7 Å². The second-order valence-electron chi connectivity index (χ2n) is 8.69. The van der Waals surface area contributed by atoms with Crippen LogP contribution < -0.4 is 9.64 Å². The first kappa shape index (κ1) is 21.5. The Bertz CT molecular complexity index is 897. The Morgan fingerprint density at radius 2 is 2.00 bits per heavy atom. The van der Waals surface area contributed by atoms with Gasteiger partial charge >= 0.3 is 5.97 Å². The molecule has 0 unspecified atom stereocenters. The highest BCUT2D eigenvalue weighted by molar-refractivity contribution is 5.70. The number of nitrogens with zero attached hydrogens (tertiary/aromatic N) is 3. The predicted molar refractivity (Wildman–Crippen MR) is 116 cm³/mol. The second kappa shape index (κ2) is 9.62. The van der Waals surface area contributed by atoms with Crippen LogP contribution in [0, 0.1) is 23.6 Å². The number of carboxylic acid groups (broad SMARTS) is 1. The minimum atomic E-state index is -1.04. The van der Waals surface area contributed by atoms with E-state index in [9.17, 15) is 9.18 Å². The van der Waals surface area contributed by atoms with Crippen molar-refractivity contribution in [2.24, 2.45) is 17.8 Å². The van der Waals surface area contributed by atoms with Crippen molar-refractivity contribution in [2.75, 3.05) is 24.6 Å². The monoisotopic (exact) mass is 427 g/mol. The molecule has 1 aromatic heterocycles. The van der Waals surface area contributed by atoms with E-state index in [1.165, 1.54) is 37.0 Å². The number of carbonyl (C=O) groups is 1. The van der Waals surface area contributed by atoms with Gasteiger partial charge in [-0.3, -0.25) is 4.79 Å². The molecule has 0 amide bonds. The van der Waals surface area contributed by atoms with Crippen LogP contribution in [-0.2, 0) is 17.6 Å². The van der Waals surface area contributed by atoms with E-state index in [0.717, 1.165) is 43.7 Å². The van der Waals surface area contributed by atoms with Crippen molar-refractivity contribution < 1.29 is 19.0 Å². The lowest BCUT2D eigenvalue weighted by atomic mass is 9.90. The summed E-state index contributed by atoms with van der Waals surface area (Å²) in [5.41, 5.74) is 1.35. The molecule has 166 valence electrons. The number of aromatic nitrogens is 2. The maximum atomic E-state index is 13.9. The molecule has 0 bridgehead atoms. The molecule has 4 rings (SSSR count). The topological polar surface area (TPSA) is 75.6 Å². The lowest BCUT2D eigenvalue weighted by molar-refractivity contribution is -0.136. The number of carboxylic acids is 1. The van der Waals surface area contributed by atoms with Crippen molar-refractivity contribution in [1.82, 2.24) is 9.97 Å². The third kappa shape index (κ3) is 5.51. The van der Waals surface area contributed by atoms with Crippen molar-refractivity contribution in [1.29, 1.82) is 0 Å². The summed E-state index contributed by atoms with van der Waals surface area (Å²) in [4.78, 5) is 22.0. The molecular weight excluding hydrogens is 397 g/mol. The van der Waals surface area contributed by atoms with Crippen LogP contribution >= 0.6 is 0 Å². The van der Waals surface area contributed by atoms with E-state index in [4.69, 9.17) is 9.84 Å². The summed E-state index contributed by atoms with van der Waals surface area (Å²) in [6, 6.07) is 4.43. The normalized spacial score (nSPS) is 21.2. The zero-order valence-corrected chi connectivity index (χ0v) is 18.0. The zero-order valence-electron chi connectivity index (χ0n) is 18.0. The average Bonchev–Trinajstić information content (AvgIpc) is 3.55. The molecule has 1 saturated heterocycles. The molecule has 2 heterocycles. The van der Waals surface area contributed by atoms with Crippen molar-refractivity contribution >= 4 is 11.9 Å². The van der Waals surface area contributed by atoms with Crippen molar-refractivity contribution in [3.63, 3.8) is 0 Å². The number of hydrogen-bond acceptors (Lipinski definition) is 5. The fourth-order valence-electron chi connectivity index (χ4n) is 4.65. The zero-order chi connectivity index (χ0) is 21.8. The van der Waals surface area contributed by atoms with Crippen LogP contribution in [0.5, 0.6) is 5.75 Å². The van der Waals surface area contributed by atoms with Gasteiger partial charge in [0.25, 0.3) is 0 Å². The molecule has 31 heavy (non-hydrogen) atoms. The molecule has 1 saturated carbocycles. The molecule has 2 aromatic rings. The largest absolute Gasteiger partial charge is 0.493 e.